The van der Waals surface area contributed by atoms with Crippen LogP contribution in [0.4, 0.5) is 5.69 Å². The summed E-state index contributed by atoms with van der Waals surface area (Å²) >= 11 is 15.1. The molecule has 2 aromatic heterocycles. The van der Waals surface area contributed by atoms with Crippen LogP contribution in [0.15, 0.2) is 40.8 Å². The van der Waals surface area contributed by atoms with E-state index in [0.29, 0.717) is 27.4 Å². The Labute approximate surface area is 198 Å². The first-order chi connectivity index (χ1) is 14.9. The highest BCUT2D eigenvalue weighted by Crippen LogP contribution is 2.35. The molecule has 5 nitrogen and oxygen atoms in total. The van der Waals surface area contributed by atoms with Gasteiger partial charge in [0.2, 0.25) is 5.91 Å². The number of nitrogens with one attached hydrogen (secondary N) is 1. The number of hydrogen-bond acceptors (Lipinski definition) is 5. The molecule has 0 bridgehead atoms. The number of allylic oxidation sites excluding steroid dienone is 1. The van der Waals surface area contributed by atoms with Crippen LogP contribution < -0.4 is 10.9 Å². The van der Waals surface area contributed by atoms with Gasteiger partial charge in [-0.1, -0.05) is 47.1 Å². The molecule has 1 aliphatic carbocycles. The molecule has 0 radical (unpaired) electrons. The highest BCUT2D eigenvalue weighted by Gasteiger charge is 2.24. The number of thiophene rings is 1. The molecule has 0 saturated heterocycles. The molecule has 0 spiro atoms. The minimum Gasteiger partial charge on any atom is -0.324 e. The van der Waals surface area contributed by atoms with Crippen LogP contribution in [0.3, 0.4) is 0 Å². The summed E-state index contributed by atoms with van der Waals surface area (Å²) in [5, 5.41) is 4.20. The monoisotopic (exact) mass is 493 g/mol. The predicted octanol–water partition coefficient (Wildman–Crippen LogP) is 5.95. The van der Waals surface area contributed by atoms with Crippen LogP contribution in [0.25, 0.3) is 10.2 Å². The van der Waals surface area contributed by atoms with Gasteiger partial charge in [0.25, 0.3) is 5.56 Å². The van der Waals surface area contributed by atoms with Crippen molar-refractivity contribution in [2.75, 3.05) is 5.32 Å². The molecule has 1 unspecified atom stereocenters. The Balaban J connectivity index is 1.66. The molecule has 9 heteroatoms. The summed E-state index contributed by atoms with van der Waals surface area (Å²) in [4.78, 5) is 32.9. The molecule has 1 aromatic carbocycles. The summed E-state index contributed by atoms with van der Waals surface area (Å²) in [5.74, 6) is -0.251. The second-order valence-electron chi connectivity index (χ2n) is 7.34. The number of rotatable bonds is 6. The van der Waals surface area contributed by atoms with Gasteiger partial charge < -0.3 is 5.32 Å². The van der Waals surface area contributed by atoms with E-state index in [4.69, 9.17) is 28.2 Å². The molecule has 0 aliphatic heterocycles. The van der Waals surface area contributed by atoms with Gasteiger partial charge >= 0.3 is 0 Å². The fourth-order valence-corrected chi connectivity index (χ4v) is 6.21. The van der Waals surface area contributed by atoms with E-state index < -0.39 is 5.25 Å². The molecule has 2 heterocycles. The van der Waals surface area contributed by atoms with E-state index in [1.807, 2.05) is 0 Å². The number of carbonyl (C=O) groups is 1. The van der Waals surface area contributed by atoms with E-state index in [-0.39, 0.29) is 11.5 Å². The van der Waals surface area contributed by atoms with Crippen LogP contribution in [0, 0.1) is 0 Å². The number of carbonyl (C=O) groups excluding carboxylic acids is 1. The summed E-state index contributed by atoms with van der Waals surface area (Å²) in [5.41, 5.74) is 1.54. The summed E-state index contributed by atoms with van der Waals surface area (Å²) in [6, 6.07) is 5.07. The largest absolute Gasteiger partial charge is 0.324 e. The first-order valence-electron chi connectivity index (χ1n) is 9.98. The molecular formula is C22H21Cl2N3O2S2. The SMILES string of the molecule is C=CCn1c(SC(C)C(=O)Nc2cccc(Cl)c2Cl)nc2sc3c(c2c1=O)CCCC3. The number of hydrogen-bond donors (Lipinski definition) is 1. The van der Waals surface area contributed by atoms with Crippen molar-refractivity contribution in [2.45, 2.75) is 49.6 Å². The van der Waals surface area contributed by atoms with Gasteiger partial charge in [-0.2, -0.15) is 0 Å². The number of amides is 1. The Kier molecular flexibility index (Phi) is 6.77. The van der Waals surface area contributed by atoms with Crippen molar-refractivity contribution < 1.29 is 4.79 Å². The van der Waals surface area contributed by atoms with Crippen LogP contribution in [0.2, 0.25) is 10.0 Å². The second kappa shape index (κ2) is 9.36. The van der Waals surface area contributed by atoms with Gasteiger partial charge in [-0.25, -0.2) is 4.98 Å². The topological polar surface area (TPSA) is 64.0 Å². The standard InChI is InChI=1S/C22H21Cl2N3O2S2/c1-3-11-27-21(29)17-13-7-4-5-10-16(13)31-20(17)26-22(27)30-12(2)19(28)25-15-9-6-8-14(23)18(15)24/h3,6,8-9,12H,1,4-5,7,10-11H2,2H3,(H,25,28). The maximum Gasteiger partial charge on any atom is 0.263 e. The van der Waals surface area contributed by atoms with Crippen LogP contribution in [-0.2, 0) is 24.2 Å². The first-order valence-corrected chi connectivity index (χ1v) is 12.4. The number of anilines is 1. The lowest BCUT2D eigenvalue weighted by molar-refractivity contribution is -0.115. The minimum absolute atomic E-state index is 0.0581. The average molecular weight is 494 g/mol. The van der Waals surface area contributed by atoms with Crippen molar-refractivity contribution >= 4 is 68.1 Å². The third kappa shape index (κ3) is 4.42. The number of aryl methyl sites for hydroxylation is 2. The normalized spacial score (nSPS) is 14.3. The van der Waals surface area contributed by atoms with Crippen molar-refractivity contribution in [1.82, 2.24) is 9.55 Å². The van der Waals surface area contributed by atoms with Crippen molar-refractivity contribution in [3.63, 3.8) is 0 Å². The highest BCUT2D eigenvalue weighted by atomic mass is 35.5. The molecule has 1 atom stereocenters. The number of aromatic nitrogens is 2. The molecule has 4 rings (SSSR count). The fourth-order valence-electron chi connectivity index (χ4n) is 3.65. The molecule has 31 heavy (non-hydrogen) atoms. The van der Waals surface area contributed by atoms with E-state index in [1.165, 1.54) is 16.6 Å². The van der Waals surface area contributed by atoms with E-state index in [2.05, 4.69) is 11.9 Å². The number of fused-ring (bicyclic) bond motifs is 3. The molecule has 162 valence electrons. The lowest BCUT2D eigenvalue weighted by Crippen LogP contribution is -2.27. The number of nitrogens with zero attached hydrogens (tertiary/aromatic N) is 2. The lowest BCUT2D eigenvalue weighted by Gasteiger charge is -2.16. The zero-order chi connectivity index (χ0) is 22.1. The minimum atomic E-state index is -0.509. The van der Waals surface area contributed by atoms with Crippen LogP contribution in [0.5, 0.6) is 0 Å². The van der Waals surface area contributed by atoms with E-state index in [0.717, 1.165) is 41.5 Å². The second-order valence-corrected chi connectivity index (χ2v) is 10.5. The third-order valence-corrected chi connectivity index (χ3v) is 8.31. The van der Waals surface area contributed by atoms with Crippen LogP contribution in [0.1, 0.15) is 30.2 Å². The van der Waals surface area contributed by atoms with Gasteiger partial charge in [-0.05, 0) is 50.3 Å². The van der Waals surface area contributed by atoms with Gasteiger partial charge in [-0.3, -0.25) is 14.2 Å². The Morgan fingerprint density at radius 2 is 2.16 bits per heavy atom. The van der Waals surface area contributed by atoms with E-state index in [9.17, 15) is 9.59 Å². The Bertz CT molecular complexity index is 1240. The number of thioether (sulfide) groups is 1. The molecular weight excluding hydrogens is 473 g/mol. The number of benzene rings is 1. The van der Waals surface area contributed by atoms with Crippen molar-refractivity contribution in [3.8, 4) is 0 Å². The Morgan fingerprint density at radius 1 is 1.39 bits per heavy atom. The average Bonchev–Trinajstić information content (AvgIpc) is 3.12. The van der Waals surface area contributed by atoms with Crippen LogP contribution >= 0.6 is 46.3 Å². The first kappa shape index (κ1) is 22.4. The van der Waals surface area contributed by atoms with Crippen LogP contribution in [-0.4, -0.2) is 20.7 Å². The summed E-state index contributed by atoms with van der Waals surface area (Å²) in [6.45, 7) is 5.89. The quantitative estimate of drug-likeness (QED) is 0.261. The van der Waals surface area contributed by atoms with Gasteiger partial charge in [0.1, 0.15) is 4.83 Å². The lowest BCUT2D eigenvalue weighted by atomic mass is 9.97. The molecule has 0 fully saturated rings. The van der Waals surface area contributed by atoms with E-state index in [1.54, 1.807) is 47.1 Å². The highest BCUT2D eigenvalue weighted by molar-refractivity contribution is 8.00. The van der Waals surface area contributed by atoms with Gasteiger partial charge in [0.15, 0.2) is 5.16 Å². The zero-order valence-corrected chi connectivity index (χ0v) is 20.1. The van der Waals surface area contributed by atoms with Gasteiger partial charge in [0, 0.05) is 11.4 Å². The molecule has 1 aliphatic rings. The number of halogens is 2. The molecule has 1 amide bonds. The van der Waals surface area contributed by atoms with Gasteiger partial charge in [-0.15, -0.1) is 17.9 Å². The maximum atomic E-state index is 13.3. The van der Waals surface area contributed by atoms with Crippen molar-refractivity contribution in [2.24, 2.45) is 0 Å². The molecule has 3 aromatic rings. The fraction of sp³-hybridized carbons (Fsp3) is 0.318. The molecule has 0 saturated carbocycles. The summed E-state index contributed by atoms with van der Waals surface area (Å²) < 4.78 is 1.61. The van der Waals surface area contributed by atoms with E-state index >= 15 is 0 Å². The zero-order valence-electron chi connectivity index (χ0n) is 16.9. The summed E-state index contributed by atoms with van der Waals surface area (Å²) in [7, 11) is 0. The van der Waals surface area contributed by atoms with Crippen molar-refractivity contribution in [3.05, 3.63) is 61.7 Å². The predicted molar refractivity (Wildman–Crippen MR) is 131 cm³/mol. The summed E-state index contributed by atoms with van der Waals surface area (Å²) in [6.07, 6.45) is 5.84. The Morgan fingerprint density at radius 3 is 2.94 bits per heavy atom. The third-order valence-electron chi connectivity index (χ3n) is 5.21. The smallest absolute Gasteiger partial charge is 0.263 e. The Hall–Kier alpha value is -1.80. The van der Waals surface area contributed by atoms with Gasteiger partial charge in [0.05, 0.1) is 26.4 Å². The maximum absolute atomic E-state index is 13.3. The van der Waals surface area contributed by atoms with Crippen molar-refractivity contribution in [1.29, 1.82) is 0 Å². The molecule has 1 N–H and O–H groups in total.